The summed E-state index contributed by atoms with van der Waals surface area (Å²) in [5.74, 6) is 0.908. The lowest BCUT2D eigenvalue weighted by Gasteiger charge is -1.95. The molecule has 0 aliphatic rings. The van der Waals surface area contributed by atoms with E-state index in [1.165, 1.54) is 0 Å². The Bertz CT molecular complexity index is 453. The van der Waals surface area contributed by atoms with Crippen LogP contribution in [0.4, 0.5) is 0 Å². The van der Waals surface area contributed by atoms with Crippen LogP contribution in [0, 0.1) is 0 Å². The summed E-state index contributed by atoms with van der Waals surface area (Å²) in [7, 11) is -0.913. The topological polar surface area (TPSA) is 34.1 Å². The highest BCUT2D eigenvalue weighted by Gasteiger charge is 2.05. The fraction of sp³-hybridized carbons (Fsp3) is 0.182. The molecule has 0 saturated carbocycles. The molecule has 0 amide bonds. The zero-order chi connectivity index (χ0) is 10.7. The third-order valence-electron chi connectivity index (χ3n) is 2.11. The molecule has 2 rings (SSSR count). The molecule has 1 unspecified atom stereocenters. The van der Waals surface area contributed by atoms with Gasteiger partial charge in [0, 0.05) is 18.4 Å². The summed E-state index contributed by atoms with van der Waals surface area (Å²) >= 11 is 0. The molecule has 0 fully saturated rings. The van der Waals surface area contributed by atoms with Crippen molar-refractivity contribution in [1.82, 2.24) is 0 Å². The van der Waals surface area contributed by atoms with E-state index in [1.54, 1.807) is 12.5 Å². The Balaban J connectivity index is 0.00000128. The predicted molar refractivity (Wildman–Crippen MR) is 56.8 cm³/mol. The Labute approximate surface area is 103 Å². The minimum atomic E-state index is -0.913. The van der Waals surface area contributed by atoms with Crippen LogP contribution < -0.4 is 17.0 Å². The second kappa shape index (κ2) is 5.82. The molecule has 3 nitrogen and oxygen atoms in total. The number of hydrogen-bond donors (Lipinski definition) is 0. The zero-order valence-electron chi connectivity index (χ0n) is 8.80. The van der Waals surface area contributed by atoms with Gasteiger partial charge in [0.2, 0.25) is 6.54 Å². The van der Waals surface area contributed by atoms with Gasteiger partial charge in [-0.05, 0) is 12.1 Å². The lowest BCUT2D eigenvalue weighted by atomic mass is 10.4. The molecule has 2 heterocycles. The van der Waals surface area contributed by atoms with E-state index in [0.717, 1.165) is 10.7 Å². The van der Waals surface area contributed by atoms with Crippen LogP contribution >= 0.6 is 0 Å². The van der Waals surface area contributed by atoms with Crippen LogP contribution in [-0.2, 0) is 17.3 Å². The van der Waals surface area contributed by atoms with Gasteiger partial charge < -0.3 is 16.8 Å². The molecule has 2 aromatic heterocycles. The number of hydrogen-bond acceptors (Lipinski definition) is 2. The maximum atomic E-state index is 11.2. The summed E-state index contributed by atoms with van der Waals surface area (Å²) in [6.45, 7) is 0.698. The summed E-state index contributed by atoms with van der Waals surface area (Å²) in [6.07, 6.45) is 7.13. The maximum Gasteiger partial charge on any atom is 0.205 e. The van der Waals surface area contributed by atoms with E-state index in [0.29, 0.717) is 6.54 Å². The average molecular weight is 258 g/mol. The fourth-order valence-corrected chi connectivity index (χ4v) is 1.83. The molecule has 2 aromatic rings. The van der Waals surface area contributed by atoms with Crippen LogP contribution in [-0.4, -0.2) is 10.5 Å². The molecule has 0 bridgehead atoms. The van der Waals surface area contributed by atoms with Gasteiger partial charge in [-0.25, -0.2) is 0 Å². The maximum absolute atomic E-state index is 11.2. The van der Waals surface area contributed by atoms with Crippen LogP contribution in [0.1, 0.15) is 5.76 Å². The second-order valence-corrected chi connectivity index (χ2v) is 4.62. The molecule has 0 saturated heterocycles. The van der Waals surface area contributed by atoms with Gasteiger partial charge in [-0.2, -0.15) is 4.57 Å². The van der Waals surface area contributed by atoms with E-state index in [1.807, 2.05) is 41.2 Å². The highest BCUT2D eigenvalue weighted by Crippen LogP contribution is 2.02. The van der Waals surface area contributed by atoms with Gasteiger partial charge >= 0.3 is 0 Å². The number of pyridine rings is 1. The molecular weight excluding hydrogens is 246 g/mol. The third-order valence-corrected chi connectivity index (χ3v) is 3.05. The lowest BCUT2D eigenvalue weighted by molar-refractivity contribution is -0.690. The van der Waals surface area contributed by atoms with Crippen LogP contribution in [0.25, 0.3) is 0 Å². The Morgan fingerprint density at radius 2 is 2.00 bits per heavy atom. The third kappa shape index (κ3) is 3.18. The number of nitrogens with zero attached hydrogens (tertiary/aromatic N) is 1. The van der Waals surface area contributed by atoms with E-state index >= 15 is 0 Å². The van der Waals surface area contributed by atoms with Crippen LogP contribution in [0.5, 0.6) is 0 Å². The van der Waals surface area contributed by atoms with E-state index in [-0.39, 0.29) is 12.4 Å². The highest BCUT2D eigenvalue weighted by atomic mass is 35.5. The molecule has 86 valence electrons. The van der Waals surface area contributed by atoms with Gasteiger partial charge in [-0.3, -0.25) is 4.21 Å². The highest BCUT2D eigenvalue weighted by molar-refractivity contribution is 7.84. The minimum Gasteiger partial charge on any atom is -1.00 e. The van der Waals surface area contributed by atoms with Crippen molar-refractivity contribution >= 4 is 10.8 Å². The number of halogens is 1. The number of furan rings is 1. The molecular formula is C11H12ClNO2S. The van der Waals surface area contributed by atoms with Crippen molar-refractivity contribution in [3.8, 4) is 0 Å². The molecule has 5 heteroatoms. The van der Waals surface area contributed by atoms with Crippen LogP contribution in [0.3, 0.4) is 0 Å². The average Bonchev–Trinajstić information content (AvgIpc) is 2.71. The van der Waals surface area contributed by atoms with E-state index in [4.69, 9.17) is 4.42 Å². The molecule has 0 aliphatic heterocycles. The summed E-state index contributed by atoms with van der Waals surface area (Å²) < 4.78 is 18.4. The van der Waals surface area contributed by atoms with Gasteiger partial charge in [0.25, 0.3) is 0 Å². The summed E-state index contributed by atoms with van der Waals surface area (Å²) in [4.78, 5) is 0.839. The van der Waals surface area contributed by atoms with Crippen molar-refractivity contribution in [1.29, 1.82) is 0 Å². The molecule has 16 heavy (non-hydrogen) atoms. The first-order chi connectivity index (χ1) is 7.25. The van der Waals surface area contributed by atoms with Gasteiger partial charge in [-0.15, -0.1) is 0 Å². The first-order valence-electron chi connectivity index (χ1n) is 4.60. The molecule has 0 aliphatic carbocycles. The van der Waals surface area contributed by atoms with Gasteiger partial charge in [0.1, 0.15) is 0 Å². The normalized spacial score (nSPS) is 11.8. The Hall–Kier alpha value is -1.13. The number of rotatable bonds is 3. The van der Waals surface area contributed by atoms with Gasteiger partial charge in [0.05, 0.1) is 22.0 Å². The summed E-state index contributed by atoms with van der Waals surface area (Å²) in [5, 5.41) is 0. The van der Waals surface area contributed by atoms with Crippen LogP contribution in [0.15, 0.2) is 52.2 Å². The Morgan fingerprint density at radius 1 is 1.31 bits per heavy atom. The molecule has 1 atom stereocenters. The fourth-order valence-electron chi connectivity index (χ4n) is 1.32. The molecule has 0 aromatic carbocycles. The molecule has 0 spiro atoms. The Morgan fingerprint density at radius 3 is 2.50 bits per heavy atom. The monoisotopic (exact) mass is 257 g/mol. The Kier molecular flexibility index (Phi) is 4.71. The van der Waals surface area contributed by atoms with Gasteiger partial charge in [0.15, 0.2) is 18.2 Å². The summed E-state index contributed by atoms with van der Waals surface area (Å²) in [5.41, 5.74) is 0. The van der Waals surface area contributed by atoms with Crippen LogP contribution in [0.2, 0.25) is 0 Å². The van der Waals surface area contributed by atoms with E-state index in [2.05, 4.69) is 0 Å². The molecule has 0 radical (unpaired) electrons. The van der Waals surface area contributed by atoms with E-state index in [9.17, 15) is 4.21 Å². The number of aromatic nitrogens is 1. The molecule has 0 N–H and O–H groups in total. The van der Waals surface area contributed by atoms with Crippen molar-refractivity contribution in [2.24, 2.45) is 0 Å². The SMILES string of the molecule is CS(=O)c1cc[n+](Cc2ccco2)cc1.[Cl-]. The van der Waals surface area contributed by atoms with Crippen molar-refractivity contribution in [3.63, 3.8) is 0 Å². The quantitative estimate of drug-likeness (QED) is 0.618. The smallest absolute Gasteiger partial charge is 0.205 e. The summed E-state index contributed by atoms with van der Waals surface area (Å²) in [6, 6.07) is 7.52. The van der Waals surface area contributed by atoms with Crippen molar-refractivity contribution in [2.45, 2.75) is 11.4 Å². The lowest BCUT2D eigenvalue weighted by Crippen LogP contribution is -3.00. The van der Waals surface area contributed by atoms with Crippen molar-refractivity contribution < 1.29 is 25.6 Å². The zero-order valence-corrected chi connectivity index (χ0v) is 10.4. The van der Waals surface area contributed by atoms with Gasteiger partial charge in [-0.1, -0.05) is 0 Å². The largest absolute Gasteiger partial charge is 1.00 e. The standard InChI is InChI=1S/C11H12NO2S.ClH/c1-15(13)11-4-6-12(7-5-11)9-10-3-2-8-14-10;/h2-8H,9H2,1H3;1H/q+1;/p-1. The van der Waals surface area contributed by atoms with Crippen molar-refractivity contribution in [3.05, 3.63) is 48.7 Å². The minimum absolute atomic E-state index is 0. The first-order valence-corrected chi connectivity index (χ1v) is 6.16. The predicted octanol–water partition coefficient (Wildman–Crippen LogP) is -1.64. The van der Waals surface area contributed by atoms with Crippen molar-refractivity contribution in [2.75, 3.05) is 6.26 Å². The first kappa shape index (κ1) is 12.9. The second-order valence-electron chi connectivity index (χ2n) is 3.24. The van der Waals surface area contributed by atoms with E-state index < -0.39 is 10.8 Å².